The van der Waals surface area contributed by atoms with Crippen LogP contribution in [0.2, 0.25) is 0 Å². The van der Waals surface area contributed by atoms with Gasteiger partial charge in [0.25, 0.3) is 0 Å². The summed E-state index contributed by atoms with van der Waals surface area (Å²) in [5, 5.41) is 3.35. The molecule has 0 radical (unpaired) electrons. The van der Waals surface area contributed by atoms with Gasteiger partial charge in [-0.05, 0) is 17.2 Å². The lowest BCUT2D eigenvalue weighted by molar-refractivity contribution is -0.136. The Kier molecular flexibility index (Phi) is 6.54. The molecule has 142 valence electrons. The third kappa shape index (κ3) is 5.14. The van der Waals surface area contributed by atoms with Gasteiger partial charge in [0.15, 0.2) is 0 Å². The van der Waals surface area contributed by atoms with E-state index < -0.39 is 0 Å². The molecule has 1 aromatic carbocycles. The number of pyridine rings is 1. The van der Waals surface area contributed by atoms with Crippen LogP contribution in [0.4, 0.5) is 0 Å². The lowest BCUT2D eigenvalue weighted by atomic mass is 10.0. The molecule has 2 aromatic rings. The van der Waals surface area contributed by atoms with Gasteiger partial charge in [-0.3, -0.25) is 14.6 Å². The average molecular weight is 366 g/mol. The van der Waals surface area contributed by atoms with Gasteiger partial charge in [-0.25, -0.2) is 0 Å². The first-order valence-corrected chi connectivity index (χ1v) is 9.34. The Balaban J connectivity index is 1.63. The molecule has 6 heteroatoms. The molecule has 1 unspecified atom stereocenters. The molecule has 3 rings (SSSR count). The number of carbonyl (C=O) groups is 2. The molecule has 2 amide bonds. The maximum atomic E-state index is 12.9. The number of aromatic nitrogens is 1. The van der Waals surface area contributed by atoms with Crippen LogP contribution in [0, 0.1) is 0 Å². The monoisotopic (exact) mass is 366 g/mol. The molecule has 0 aliphatic carbocycles. The summed E-state index contributed by atoms with van der Waals surface area (Å²) < 4.78 is 0. The number of hydrogen-bond donors (Lipinski definition) is 1. The van der Waals surface area contributed by atoms with Crippen LogP contribution in [-0.4, -0.2) is 52.8 Å². The molecule has 1 N–H and O–H groups in total. The van der Waals surface area contributed by atoms with E-state index in [-0.39, 0.29) is 17.9 Å². The standard InChI is InChI=1S/C21H26N4O2/c1-17(26)24(16-18-6-3-2-4-7-18)12-9-21(27)25-13-11-23-15-20(25)19-8-5-10-22-14-19/h2-8,10,14,20,23H,9,11-13,15-16H2,1H3. The van der Waals surface area contributed by atoms with Crippen LogP contribution in [0.15, 0.2) is 54.9 Å². The summed E-state index contributed by atoms with van der Waals surface area (Å²) in [6, 6.07) is 13.7. The van der Waals surface area contributed by atoms with Crippen molar-refractivity contribution in [2.75, 3.05) is 26.2 Å². The highest BCUT2D eigenvalue weighted by atomic mass is 16.2. The molecule has 1 fully saturated rings. The first-order chi connectivity index (χ1) is 13.1. The Bertz CT molecular complexity index is 751. The number of hydrogen-bond acceptors (Lipinski definition) is 4. The molecule has 0 spiro atoms. The molecule has 2 heterocycles. The second-order valence-electron chi connectivity index (χ2n) is 6.77. The Labute approximate surface area is 160 Å². The smallest absolute Gasteiger partial charge is 0.224 e. The fourth-order valence-corrected chi connectivity index (χ4v) is 3.40. The van der Waals surface area contributed by atoms with Gasteiger partial charge in [0, 0.05) is 58.5 Å². The molecular formula is C21H26N4O2. The number of nitrogens with one attached hydrogen (secondary N) is 1. The predicted molar refractivity (Wildman–Crippen MR) is 104 cm³/mol. The summed E-state index contributed by atoms with van der Waals surface area (Å²) in [4.78, 5) is 32.7. The van der Waals surface area contributed by atoms with Gasteiger partial charge < -0.3 is 15.1 Å². The minimum absolute atomic E-state index is 0.0140. The molecule has 0 saturated carbocycles. The maximum Gasteiger partial charge on any atom is 0.224 e. The molecule has 6 nitrogen and oxygen atoms in total. The first-order valence-electron chi connectivity index (χ1n) is 9.34. The quantitative estimate of drug-likeness (QED) is 0.849. The van der Waals surface area contributed by atoms with Gasteiger partial charge in [0.2, 0.25) is 11.8 Å². The number of benzene rings is 1. The summed E-state index contributed by atoms with van der Waals surface area (Å²) in [5.74, 6) is 0.0560. The largest absolute Gasteiger partial charge is 0.338 e. The molecule has 1 aliphatic heterocycles. The number of piperazine rings is 1. The van der Waals surface area contributed by atoms with Crippen molar-refractivity contribution < 1.29 is 9.59 Å². The van der Waals surface area contributed by atoms with Crippen molar-refractivity contribution in [3.8, 4) is 0 Å². The highest BCUT2D eigenvalue weighted by Gasteiger charge is 2.28. The molecular weight excluding hydrogens is 340 g/mol. The van der Waals surface area contributed by atoms with E-state index in [0.717, 1.165) is 24.2 Å². The third-order valence-electron chi connectivity index (χ3n) is 4.89. The topological polar surface area (TPSA) is 65.5 Å². The number of carbonyl (C=O) groups excluding carboxylic acids is 2. The molecule has 0 bridgehead atoms. The first kappa shape index (κ1) is 19.0. The zero-order valence-electron chi connectivity index (χ0n) is 15.7. The number of nitrogens with zero attached hydrogens (tertiary/aromatic N) is 3. The van der Waals surface area contributed by atoms with Crippen molar-refractivity contribution in [3.63, 3.8) is 0 Å². The molecule has 1 aromatic heterocycles. The summed E-state index contributed by atoms with van der Waals surface area (Å²) in [6.07, 6.45) is 3.87. The molecule has 1 aliphatic rings. The van der Waals surface area contributed by atoms with Crippen LogP contribution < -0.4 is 5.32 Å². The second kappa shape index (κ2) is 9.28. The van der Waals surface area contributed by atoms with E-state index in [9.17, 15) is 9.59 Å². The van der Waals surface area contributed by atoms with Crippen molar-refractivity contribution in [2.24, 2.45) is 0 Å². The van der Waals surface area contributed by atoms with Crippen molar-refractivity contribution in [1.29, 1.82) is 0 Å². The van der Waals surface area contributed by atoms with Crippen LogP contribution in [0.5, 0.6) is 0 Å². The van der Waals surface area contributed by atoms with E-state index in [1.165, 1.54) is 0 Å². The SMILES string of the molecule is CC(=O)N(CCC(=O)N1CCNCC1c1cccnc1)Cc1ccccc1. The number of amides is 2. The fourth-order valence-electron chi connectivity index (χ4n) is 3.40. The second-order valence-corrected chi connectivity index (χ2v) is 6.77. The zero-order chi connectivity index (χ0) is 19.1. The van der Waals surface area contributed by atoms with Crippen LogP contribution in [-0.2, 0) is 16.1 Å². The van der Waals surface area contributed by atoms with E-state index in [1.54, 1.807) is 18.0 Å². The third-order valence-corrected chi connectivity index (χ3v) is 4.89. The molecule has 1 atom stereocenters. The highest BCUT2D eigenvalue weighted by molar-refractivity contribution is 5.78. The predicted octanol–water partition coefficient (Wildman–Crippen LogP) is 1.99. The van der Waals surface area contributed by atoms with E-state index >= 15 is 0 Å². The van der Waals surface area contributed by atoms with Crippen LogP contribution in [0.1, 0.15) is 30.5 Å². The van der Waals surface area contributed by atoms with Crippen LogP contribution >= 0.6 is 0 Å². The van der Waals surface area contributed by atoms with Crippen molar-refractivity contribution in [2.45, 2.75) is 25.9 Å². The van der Waals surface area contributed by atoms with Gasteiger partial charge in [0.05, 0.1) is 6.04 Å². The molecule has 27 heavy (non-hydrogen) atoms. The lowest BCUT2D eigenvalue weighted by Crippen LogP contribution is -2.49. The van der Waals surface area contributed by atoms with Crippen molar-refractivity contribution >= 4 is 11.8 Å². The Morgan fingerprint density at radius 2 is 2.04 bits per heavy atom. The van der Waals surface area contributed by atoms with Crippen LogP contribution in [0.3, 0.4) is 0 Å². The van der Waals surface area contributed by atoms with Crippen molar-refractivity contribution in [3.05, 3.63) is 66.0 Å². The van der Waals surface area contributed by atoms with Gasteiger partial charge in [-0.1, -0.05) is 36.4 Å². The minimum Gasteiger partial charge on any atom is -0.338 e. The normalized spacial score (nSPS) is 16.8. The summed E-state index contributed by atoms with van der Waals surface area (Å²) >= 11 is 0. The van der Waals surface area contributed by atoms with Gasteiger partial charge in [-0.15, -0.1) is 0 Å². The summed E-state index contributed by atoms with van der Waals surface area (Å²) in [5.41, 5.74) is 2.10. The molecule has 1 saturated heterocycles. The minimum atomic E-state index is -0.0178. The van der Waals surface area contributed by atoms with E-state index in [4.69, 9.17) is 0 Å². The lowest BCUT2D eigenvalue weighted by Gasteiger charge is -2.37. The Morgan fingerprint density at radius 1 is 1.22 bits per heavy atom. The van der Waals surface area contributed by atoms with E-state index in [1.807, 2.05) is 53.6 Å². The van der Waals surface area contributed by atoms with Crippen LogP contribution in [0.25, 0.3) is 0 Å². The Morgan fingerprint density at radius 3 is 2.74 bits per heavy atom. The average Bonchev–Trinajstić information content (AvgIpc) is 2.72. The van der Waals surface area contributed by atoms with E-state index in [0.29, 0.717) is 26.1 Å². The number of rotatable bonds is 6. The van der Waals surface area contributed by atoms with Gasteiger partial charge >= 0.3 is 0 Å². The van der Waals surface area contributed by atoms with Gasteiger partial charge in [-0.2, -0.15) is 0 Å². The van der Waals surface area contributed by atoms with Gasteiger partial charge in [0.1, 0.15) is 0 Å². The zero-order valence-corrected chi connectivity index (χ0v) is 15.7. The summed E-state index contributed by atoms with van der Waals surface area (Å²) in [7, 11) is 0. The summed E-state index contributed by atoms with van der Waals surface area (Å²) in [6.45, 7) is 4.67. The fraction of sp³-hybridized carbons (Fsp3) is 0.381. The highest BCUT2D eigenvalue weighted by Crippen LogP contribution is 2.22. The Hall–Kier alpha value is -2.73. The maximum absolute atomic E-state index is 12.9. The van der Waals surface area contributed by atoms with Crippen molar-refractivity contribution in [1.82, 2.24) is 20.1 Å². The van der Waals surface area contributed by atoms with E-state index in [2.05, 4.69) is 10.3 Å².